The minimum absolute atomic E-state index is 0.0919. The van der Waals surface area contributed by atoms with Gasteiger partial charge in [0.05, 0.1) is 4.88 Å². The maximum atomic E-state index is 11.7. The van der Waals surface area contributed by atoms with Gasteiger partial charge < -0.3 is 4.90 Å². The van der Waals surface area contributed by atoms with E-state index < -0.39 is 0 Å². The third kappa shape index (κ3) is 2.70. The molecule has 0 saturated heterocycles. The van der Waals surface area contributed by atoms with E-state index in [9.17, 15) is 4.79 Å². The maximum absolute atomic E-state index is 11.7. The normalized spacial score (nSPS) is 11.6. The third-order valence-corrected chi connectivity index (χ3v) is 3.04. The molecule has 3 heteroatoms. The van der Waals surface area contributed by atoms with E-state index in [1.54, 1.807) is 6.08 Å². The number of thiophene rings is 1. The SMILES string of the molecule is CC(=CC(=O)c1ccc(C)s1)N(C)C. The van der Waals surface area contributed by atoms with E-state index >= 15 is 0 Å². The van der Waals surface area contributed by atoms with Gasteiger partial charge in [-0.1, -0.05) is 0 Å². The number of rotatable bonds is 3. The number of hydrogen-bond donors (Lipinski definition) is 0. The number of aryl methyl sites for hydroxylation is 1. The molecule has 76 valence electrons. The van der Waals surface area contributed by atoms with Gasteiger partial charge in [-0.15, -0.1) is 11.3 Å². The second-order valence-electron chi connectivity index (χ2n) is 3.45. The highest BCUT2D eigenvalue weighted by Crippen LogP contribution is 2.16. The molecule has 1 aromatic heterocycles. The van der Waals surface area contributed by atoms with Gasteiger partial charge in [0.2, 0.25) is 0 Å². The number of carbonyl (C=O) groups excluding carboxylic acids is 1. The molecule has 0 bridgehead atoms. The predicted molar refractivity (Wildman–Crippen MR) is 60.8 cm³/mol. The van der Waals surface area contributed by atoms with E-state index in [2.05, 4.69) is 0 Å². The maximum Gasteiger partial charge on any atom is 0.197 e. The Morgan fingerprint density at radius 2 is 2.07 bits per heavy atom. The lowest BCUT2D eigenvalue weighted by Crippen LogP contribution is -2.09. The zero-order valence-electron chi connectivity index (χ0n) is 9.00. The molecule has 0 unspecified atom stereocenters. The third-order valence-electron chi connectivity index (χ3n) is 2.03. The van der Waals surface area contributed by atoms with E-state index in [-0.39, 0.29) is 5.78 Å². The second-order valence-corrected chi connectivity index (χ2v) is 4.74. The highest BCUT2D eigenvalue weighted by Gasteiger charge is 2.05. The summed E-state index contributed by atoms with van der Waals surface area (Å²) in [6.07, 6.45) is 1.67. The molecule has 0 amide bonds. The molecule has 0 aromatic carbocycles. The summed E-state index contributed by atoms with van der Waals surface area (Å²) in [7, 11) is 3.86. The Morgan fingerprint density at radius 3 is 2.50 bits per heavy atom. The first-order valence-electron chi connectivity index (χ1n) is 4.47. The minimum atomic E-state index is 0.0919. The van der Waals surface area contributed by atoms with Crippen molar-refractivity contribution >= 4 is 17.1 Å². The van der Waals surface area contributed by atoms with Crippen LogP contribution in [0.5, 0.6) is 0 Å². The molecule has 0 spiro atoms. The highest BCUT2D eigenvalue weighted by atomic mass is 32.1. The van der Waals surface area contributed by atoms with Crippen LogP contribution in [0.25, 0.3) is 0 Å². The van der Waals surface area contributed by atoms with E-state index in [1.807, 2.05) is 45.0 Å². The van der Waals surface area contributed by atoms with Crippen LogP contribution in [-0.2, 0) is 0 Å². The van der Waals surface area contributed by atoms with Crippen molar-refractivity contribution in [1.82, 2.24) is 4.90 Å². The van der Waals surface area contributed by atoms with Crippen molar-refractivity contribution in [2.45, 2.75) is 13.8 Å². The van der Waals surface area contributed by atoms with Gasteiger partial charge in [0, 0.05) is 30.7 Å². The van der Waals surface area contributed by atoms with E-state index in [0.717, 1.165) is 10.6 Å². The van der Waals surface area contributed by atoms with Crippen LogP contribution >= 0.6 is 11.3 Å². The van der Waals surface area contributed by atoms with E-state index in [1.165, 1.54) is 16.2 Å². The van der Waals surface area contributed by atoms with Gasteiger partial charge in [0.1, 0.15) is 0 Å². The Hall–Kier alpha value is -1.09. The molecule has 1 aromatic rings. The molecule has 0 fully saturated rings. The number of ketones is 1. The Morgan fingerprint density at radius 1 is 1.43 bits per heavy atom. The fourth-order valence-electron chi connectivity index (χ4n) is 0.957. The van der Waals surface area contributed by atoms with Gasteiger partial charge in [0.25, 0.3) is 0 Å². The van der Waals surface area contributed by atoms with Crippen LogP contribution in [0.1, 0.15) is 21.5 Å². The average Bonchev–Trinajstić information content (AvgIpc) is 2.51. The molecule has 0 aliphatic heterocycles. The van der Waals surface area contributed by atoms with E-state index in [0.29, 0.717) is 0 Å². The summed E-state index contributed by atoms with van der Waals surface area (Å²) in [5.41, 5.74) is 0.973. The summed E-state index contributed by atoms with van der Waals surface area (Å²) in [5, 5.41) is 0. The first-order chi connectivity index (χ1) is 6.50. The number of carbonyl (C=O) groups is 1. The summed E-state index contributed by atoms with van der Waals surface area (Å²) in [4.78, 5) is 15.6. The standard InChI is InChI=1S/C11H15NOS/c1-8(12(3)4)7-10(13)11-6-5-9(2)14-11/h5-7H,1-4H3. The molecule has 2 nitrogen and oxygen atoms in total. The van der Waals surface area contributed by atoms with Gasteiger partial charge in [-0.2, -0.15) is 0 Å². The summed E-state index contributed by atoms with van der Waals surface area (Å²) in [5.74, 6) is 0.0919. The molecular formula is C11H15NOS. The van der Waals surface area contributed by atoms with Crippen LogP contribution in [-0.4, -0.2) is 24.8 Å². The molecule has 0 N–H and O–H groups in total. The smallest absolute Gasteiger partial charge is 0.197 e. The van der Waals surface area contributed by atoms with Crippen molar-refractivity contribution in [1.29, 1.82) is 0 Å². The summed E-state index contributed by atoms with van der Waals surface area (Å²) < 4.78 is 0. The lowest BCUT2D eigenvalue weighted by atomic mass is 10.2. The number of hydrogen-bond acceptors (Lipinski definition) is 3. The topological polar surface area (TPSA) is 20.3 Å². The first-order valence-corrected chi connectivity index (χ1v) is 5.28. The molecule has 0 aliphatic carbocycles. The predicted octanol–water partition coefficient (Wildman–Crippen LogP) is 2.70. The zero-order valence-corrected chi connectivity index (χ0v) is 9.81. The summed E-state index contributed by atoms with van der Waals surface area (Å²) in [6.45, 7) is 3.93. The van der Waals surface area contributed by atoms with Gasteiger partial charge >= 0.3 is 0 Å². The largest absolute Gasteiger partial charge is 0.381 e. The molecular weight excluding hydrogens is 194 g/mol. The van der Waals surface area contributed by atoms with Gasteiger partial charge in [-0.05, 0) is 26.0 Å². The molecule has 0 saturated carbocycles. The van der Waals surface area contributed by atoms with Crippen molar-refractivity contribution in [2.24, 2.45) is 0 Å². The number of nitrogens with zero attached hydrogens (tertiary/aromatic N) is 1. The van der Waals surface area contributed by atoms with Crippen LogP contribution in [0.15, 0.2) is 23.9 Å². The summed E-state index contributed by atoms with van der Waals surface area (Å²) in [6, 6.07) is 3.85. The Kier molecular flexibility index (Phi) is 3.47. The molecule has 0 aliphatic rings. The van der Waals surface area contributed by atoms with Crippen molar-refractivity contribution in [3.63, 3.8) is 0 Å². The molecule has 0 atom stereocenters. The molecule has 1 heterocycles. The number of allylic oxidation sites excluding steroid dienone is 2. The Bertz CT molecular complexity index is 363. The fourth-order valence-corrected chi connectivity index (χ4v) is 1.74. The second kappa shape index (κ2) is 4.42. The van der Waals surface area contributed by atoms with Crippen LogP contribution in [0.3, 0.4) is 0 Å². The fraction of sp³-hybridized carbons (Fsp3) is 0.364. The molecule has 0 radical (unpaired) electrons. The minimum Gasteiger partial charge on any atom is -0.381 e. The molecule has 14 heavy (non-hydrogen) atoms. The van der Waals surface area contributed by atoms with E-state index in [4.69, 9.17) is 0 Å². The van der Waals surface area contributed by atoms with Crippen LogP contribution in [0.4, 0.5) is 0 Å². The van der Waals surface area contributed by atoms with Crippen molar-refractivity contribution in [3.8, 4) is 0 Å². The van der Waals surface area contributed by atoms with Gasteiger partial charge in [-0.25, -0.2) is 0 Å². The lowest BCUT2D eigenvalue weighted by Gasteiger charge is -2.11. The monoisotopic (exact) mass is 209 g/mol. The van der Waals surface area contributed by atoms with Crippen LogP contribution in [0, 0.1) is 6.92 Å². The highest BCUT2D eigenvalue weighted by molar-refractivity contribution is 7.14. The van der Waals surface area contributed by atoms with Crippen LogP contribution in [0.2, 0.25) is 0 Å². The van der Waals surface area contributed by atoms with Gasteiger partial charge in [0.15, 0.2) is 5.78 Å². The van der Waals surface area contributed by atoms with Crippen LogP contribution < -0.4 is 0 Å². The Labute approximate surface area is 88.9 Å². The average molecular weight is 209 g/mol. The Balaban J connectivity index is 2.82. The zero-order chi connectivity index (χ0) is 10.7. The van der Waals surface area contributed by atoms with Crippen molar-refractivity contribution < 1.29 is 4.79 Å². The molecule has 1 rings (SSSR count). The van der Waals surface area contributed by atoms with Crippen molar-refractivity contribution in [3.05, 3.63) is 33.7 Å². The summed E-state index contributed by atoms with van der Waals surface area (Å²) >= 11 is 1.54. The van der Waals surface area contributed by atoms with Gasteiger partial charge in [-0.3, -0.25) is 4.79 Å². The quantitative estimate of drug-likeness (QED) is 0.563. The lowest BCUT2D eigenvalue weighted by molar-refractivity contribution is 0.104. The van der Waals surface area contributed by atoms with Crippen molar-refractivity contribution in [2.75, 3.05) is 14.1 Å². The first kappa shape index (κ1) is 11.0.